The molecule has 3 aromatic rings. The van der Waals surface area contributed by atoms with E-state index in [9.17, 15) is 12.8 Å². The second kappa shape index (κ2) is 9.80. The molecule has 1 aromatic heterocycles. The van der Waals surface area contributed by atoms with Crippen LogP contribution in [0.4, 0.5) is 15.9 Å². The number of fused-ring (bicyclic) bond motifs is 2. The lowest BCUT2D eigenvalue weighted by Gasteiger charge is -2.47. The van der Waals surface area contributed by atoms with E-state index in [4.69, 9.17) is 33.7 Å². The number of nitrogens with one attached hydrogen (secondary N) is 1. The van der Waals surface area contributed by atoms with Gasteiger partial charge in [0.1, 0.15) is 11.9 Å². The number of halogens is 3. The first-order valence-electron chi connectivity index (χ1n) is 12.7. The Morgan fingerprint density at radius 2 is 1.82 bits per heavy atom. The van der Waals surface area contributed by atoms with Gasteiger partial charge in [0.05, 0.1) is 11.3 Å². The molecular formula is C28H31Cl2FN4O3S. The molecule has 2 aromatic carbocycles. The Labute approximate surface area is 238 Å². The SMILES string of the molecule is C[C@@H](Oc1cc(-c2ccc3c(c2)C2(CCN(S(C)(=O)=O)CC2)C(C)(C)N3)cnc1N)c1c(Cl)ccc(F)c1Cl. The zero-order valence-corrected chi connectivity index (χ0v) is 24.5. The average Bonchev–Trinajstić information content (AvgIpc) is 3.08. The van der Waals surface area contributed by atoms with Crippen molar-refractivity contribution in [2.75, 3.05) is 30.4 Å². The molecule has 0 radical (unpaired) electrons. The Balaban J connectivity index is 1.48. The van der Waals surface area contributed by atoms with Crippen molar-refractivity contribution in [1.29, 1.82) is 0 Å². The summed E-state index contributed by atoms with van der Waals surface area (Å²) >= 11 is 12.5. The highest BCUT2D eigenvalue weighted by molar-refractivity contribution is 7.88. The summed E-state index contributed by atoms with van der Waals surface area (Å²) in [5.74, 6) is -0.0771. The minimum Gasteiger partial charge on any atom is -0.482 e. The molecule has 1 fully saturated rings. The molecule has 39 heavy (non-hydrogen) atoms. The number of nitrogens with two attached hydrogens (primary N) is 1. The first-order valence-corrected chi connectivity index (χ1v) is 15.3. The van der Waals surface area contributed by atoms with Gasteiger partial charge in [-0.2, -0.15) is 0 Å². The van der Waals surface area contributed by atoms with Crippen LogP contribution in [0.1, 0.15) is 50.8 Å². The summed E-state index contributed by atoms with van der Waals surface area (Å²) in [6.45, 7) is 7.00. The Kier molecular flexibility index (Phi) is 7.02. The summed E-state index contributed by atoms with van der Waals surface area (Å²) in [7, 11) is -3.24. The van der Waals surface area contributed by atoms with E-state index < -0.39 is 21.9 Å². The Morgan fingerprint density at radius 1 is 1.13 bits per heavy atom. The molecule has 1 saturated heterocycles. The maximum atomic E-state index is 14.1. The average molecular weight is 594 g/mol. The molecule has 0 amide bonds. The molecule has 0 bridgehead atoms. The van der Waals surface area contributed by atoms with E-state index in [2.05, 4.69) is 36.3 Å². The minimum absolute atomic E-state index is 0.0985. The van der Waals surface area contributed by atoms with Gasteiger partial charge in [-0.3, -0.25) is 0 Å². The minimum atomic E-state index is -3.24. The van der Waals surface area contributed by atoms with Crippen LogP contribution in [0, 0.1) is 5.82 Å². The largest absolute Gasteiger partial charge is 0.482 e. The Bertz CT molecular complexity index is 1560. The van der Waals surface area contributed by atoms with E-state index in [1.54, 1.807) is 23.5 Å². The molecule has 2 aliphatic heterocycles. The molecule has 5 rings (SSSR count). The first-order chi connectivity index (χ1) is 18.2. The van der Waals surface area contributed by atoms with Crippen molar-refractivity contribution in [3.05, 3.63) is 69.6 Å². The van der Waals surface area contributed by atoms with Gasteiger partial charge < -0.3 is 15.8 Å². The normalized spacial score (nSPS) is 18.9. The Morgan fingerprint density at radius 3 is 2.49 bits per heavy atom. The monoisotopic (exact) mass is 592 g/mol. The molecule has 0 unspecified atom stereocenters. The van der Waals surface area contributed by atoms with Gasteiger partial charge in [0.25, 0.3) is 0 Å². The van der Waals surface area contributed by atoms with Gasteiger partial charge in [0.2, 0.25) is 10.0 Å². The zero-order valence-electron chi connectivity index (χ0n) is 22.2. The number of ether oxygens (including phenoxy) is 1. The molecule has 7 nitrogen and oxygen atoms in total. The fourth-order valence-corrected chi connectivity index (χ4v) is 7.51. The molecule has 1 spiro atoms. The predicted octanol–water partition coefficient (Wildman–Crippen LogP) is 6.41. The number of nitrogens with zero attached hydrogens (tertiary/aromatic N) is 2. The second-order valence-corrected chi connectivity index (χ2v) is 13.6. The summed E-state index contributed by atoms with van der Waals surface area (Å²) in [6.07, 6.45) is 3.67. The first kappa shape index (κ1) is 28.0. The smallest absolute Gasteiger partial charge is 0.211 e. The lowest BCUT2D eigenvalue weighted by Crippen LogP contribution is -2.54. The lowest BCUT2D eigenvalue weighted by atomic mass is 9.64. The number of hydrogen-bond acceptors (Lipinski definition) is 6. The topological polar surface area (TPSA) is 97.5 Å². The van der Waals surface area contributed by atoms with Crippen molar-refractivity contribution in [1.82, 2.24) is 9.29 Å². The molecule has 3 heterocycles. The summed E-state index contributed by atoms with van der Waals surface area (Å²) in [5, 5.41) is 3.85. The summed E-state index contributed by atoms with van der Waals surface area (Å²) < 4.78 is 46.1. The van der Waals surface area contributed by atoms with Gasteiger partial charge >= 0.3 is 0 Å². The fourth-order valence-electron chi connectivity index (χ4n) is 5.99. The van der Waals surface area contributed by atoms with Gasteiger partial charge in [-0.1, -0.05) is 29.3 Å². The van der Waals surface area contributed by atoms with E-state index in [0.29, 0.717) is 37.2 Å². The zero-order chi connectivity index (χ0) is 28.3. The Hall–Kier alpha value is -2.59. The maximum Gasteiger partial charge on any atom is 0.211 e. The highest BCUT2D eigenvalue weighted by Crippen LogP contribution is 2.54. The number of piperidine rings is 1. The highest BCUT2D eigenvalue weighted by atomic mass is 35.5. The van der Waals surface area contributed by atoms with E-state index >= 15 is 0 Å². The van der Waals surface area contributed by atoms with Crippen LogP contribution in [-0.4, -0.2) is 42.6 Å². The number of aromatic nitrogens is 1. The fraction of sp³-hybridized carbons (Fsp3) is 0.393. The van der Waals surface area contributed by atoms with Gasteiger partial charge in [-0.05, 0) is 75.1 Å². The third-order valence-corrected chi connectivity index (χ3v) is 10.2. The third kappa shape index (κ3) is 4.84. The number of anilines is 2. The van der Waals surface area contributed by atoms with Crippen LogP contribution < -0.4 is 15.8 Å². The van der Waals surface area contributed by atoms with E-state index in [1.165, 1.54) is 18.4 Å². The van der Waals surface area contributed by atoms with E-state index in [-0.39, 0.29) is 26.8 Å². The van der Waals surface area contributed by atoms with Crippen LogP contribution in [0.2, 0.25) is 10.0 Å². The predicted molar refractivity (Wildman–Crippen MR) is 155 cm³/mol. The lowest BCUT2D eigenvalue weighted by molar-refractivity contribution is 0.178. The third-order valence-electron chi connectivity index (χ3n) is 8.23. The van der Waals surface area contributed by atoms with Crippen LogP contribution in [0.5, 0.6) is 5.75 Å². The molecule has 11 heteroatoms. The van der Waals surface area contributed by atoms with Crippen LogP contribution in [0.3, 0.4) is 0 Å². The van der Waals surface area contributed by atoms with Crippen molar-refractivity contribution in [3.8, 4) is 16.9 Å². The number of sulfonamides is 1. The highest BCUT2D eigenvalue weighted by Gasteiger charge is 2.54. The van der Waals surface area contributed by atoms with Gasteiger partial charge in [0.15, 0.2) is 11.6 Å². The van der Waals surface area contributed by atoms with Crippen molar-refractivity contribution in [3.63, 3.8) is 0 Å². The van der Waals surface area contributed by atoms with Crippen LogP contribution in [0.15, 0.2) is 42.6 Å². The second-order valence-electron chi connectivity index (χ2n) is 10.9. The van der Waals surface area contributed by atoms with Gasteiger partial charge in [-0.15, -0.1) is 0 Å². The van der Waals surface area contributed by atoms with Gasteiger partial charge in [0, 0.05) is 52.1 Å². The number of nitrogen functional groups attached to an aromatic ring is 1. The van der Waals surface area contributed by atoms with E-state index in [0.717, 1.165) is 22.4 Å². The maximum absolute atomic E-state index is 14.1. The molecule has 0 aliphatic carbocycles. The molecule has 2 aliphatic rings. The van der Waals surface area contributed by atoms with E-state index in [1.807, 2.05) is 6.07 Å². The van der Waals surface area contributed by atoms with Crippen molar-refractivity contribution < 1.29 is 17.5 Å². The number of pyridine rings is 1. The number of benzene rings is 2. The van der Waals surface area contributed by atoms with Crippen molar-refractivity contribution >= 4 is 44.7 Å². The molecule has 3 N–H and O–H groups in total. The van der Waals surface area contributed by atoms with Crippen molar-refractivity contribution in [2.24, 2.45) is 0 Å². The van der Waals surface area contributed by atoms with Gasteiger partial charge in [-0.25, -0.2) is 22.1 Å². The summed E-state index contributed by atoms with van der Waals surface area (Å²) in [5.41, 5.74) is 9.89. The molecular weight excluding hydrogens is 562 g/mol. The molecule has 1 atom stereocenters. The van der Waals surface area contributed by atoms with Crippen LogP contribution >= 0.6 is 23.2 Å². The van der Waals surface area contributed by atoms with Crippen LogP contribution in [0.25, 0.3) is 11.1 Å². The molecule has 208 valence electrons. The number of rotatable bonds is 5. The standard InChI is InChI=1S/C28H31Cl2FN4O3S/c1-16(24-20(29)6-7-21(31)25(24)30)38-23-14-18(15-33-26(23)32)17-5-8-22-19(13-17)28(27(2,3)34-22)9-11-35(12-10-28)39(4,36)37/h5-8,13-16,34H,9-12H2,1-4H3,(H2,32,33)/t16-/m1/s1. The summed E-state index contributed by atoms with van der Waals surface area (Å²) in [6, 6.07) is 10.6. The molecule has 0 saturated carbocycles. The summed E-state index contributed by atoms with van der Waals surface area (Å²) in [4.78, 5) is 4.35. The van der Waals surface area contributed by atoms with Crippen molar-refractivity contribution in [2.45, 2.75) is 50.7 Å². The van der Waals surface area contributed by atoms with Crippen LogP contribution in [-0.2, 0) is 15.4 Å². The quantitative estimate of drug-likeness (QED) is 0.332. The number of hydrogen-bond donors (Lipinski definition) is 2.